The molecule has 1 fully saturated rings. The number of nitrogens with zero attached hydrogens (tertiary/aromatic N) is 4. The highest BCUT2D eigenvalue weighted by atomic mass is 16.5. The summed E-state index contributed by atoms with van der Waals surface area (Å²) in [6.45, 7) is 5.43. The molecule has 0 saturated carbocycles. The monoisotopic (exact) mass is 473 g/mol. The topological polar surface area (TPSA) is 108 Å². The second-order valence-corrected chi connectivity index (χ2v) is 7.94. The lowest BCUT2D eigenvalue weighted by molar-refractivity contribution is -0.0221. The van der Waals surface area contributed by atoms with Crippen LogP contribution in [0, 0.1) is 11.8 Å². The zero-order valence-electron chi connectivity index (χ0n) is 19.9. The summed E-state index contributed by atoms with van der Waals surface area (Å²) in [5, 5.41) is 10.8. The van der Waals surface area contributed by atoms with Crippen molar-refractivity contribution in [1.29, 1.82) is 5.26 Å². The maximum absolute atomic E-state index is 6.50. The van der Waals surface area contributed by atoms with Crippen LogP contribution in [-0.4, -0.2) is 34.4 Å². The number of aromatic nitrogens is 3. The molecule has 1 saturated heterocycles. The van der Waals surface area contributed by atoms with Crippen molar-refractivity contribution >= 4 is 11.3 Å². The number of methoxy groups -OCH3 is 1. The van der Waals surface area contributed by atoms with E-state index in [1.807, 2.05) is 65.2 Å². The summed E-state index contributed by atoms with van der Waals surface area (Å²) in [6, 6.07) is 24.2. The first-order valence-electron chi connectivity index (χ1n) is 11.4. The summed E-state index contributed by atoms with van der Waals surface area (Å²) < 4.78 is 18.7. The molecule has 8 nitrogen and oxygen atoms in total. The summed E-state index contributed by atoms with van der Waals surface area (Å²) in [5.74, 6) is 0.483. The van der Waals surface area contributed by atoms with Gasteiger partial charge in [0, 0.05) is 13.7 Å². The molecule has 1 aliphatic rings. The van der Waals surface area contributed by atoms with Crippen molar-refractivity contribution in [1.82, 2.24) is 14.6 Å². The second kappa shape index (κ2) is 13.8. The fourth-order valence-corrected chi connectivity index (χ4v) is 3.89. The second-order valence-electron chi connectivity index (χ2n) is 7.94. The SMILES string of the molecule is C#N.COCc1ccccc1.Nc1ncnn2c(C3CCC(COCc4ccccc4)O3)ccc12. The molecular weight excluding hydrogens is 442 g/mol. The number of fused-ring (bicyclic) bond motifs is 1. The summed E-state index contributed by atoms with van der Waals surface area (Å²) in [7, 11) is 1.70. The molecule has 0 radical (unpaired) electrons. The van der Waals surface area contributed by atoms with Crippen LogP contribution < -0.4 is 5.73 Å². The van der Waals surface area contributed by atoms with E-state index in [2.05, 4.69) is 28.8 Å². The lowest BCUT2D eigenvalue weighted by Crippen LogP contribution is -2.15. The van der Waals surface area contributed by atoms with Crippen LogP contribution in [0.5, 0.6) is 0 Å². The Morgan fingerprint density at radius 3 is 2.29 bits per heavy atom. The molecule has 2 aromatic carbocycles. The van der Waals surface area contributed by atoms with Gasteiger partial charge in [-0.3, -0.25) is 0 Å². The first-order valence-corrected chi connectivity index (χ1v) is 11.4. The van der Waals surface area contributed by atoms with Gasteiger partial charge in [0.15, 0.2) is 5.82 Å². The fourth-order valence-electron chi connectivity index (χ4n) is 3.89. The van der Waals surface area contributed by atoms with Crippen LogP contribution >= 0.6 is 0 Å². The summed E-state index contributed by atoms with van der Waals surface area (Å²) in [4.78, 5) is 4.02. The first kappa shape index (κ1) is 25.8. The van der Waals surface area contributed by atoms with Gasteiger partial charge in [-0.25, -0.2) is 14.8 Å². The van der Waals surface area contributed by atoms with E-state index in [0.717, 1.165) is 24.1 Å². The van der Waals surface area contributed by atoms with Crippen molar-refractivity contribution in [2.45, 2.75) is 38.3 Å². The van der Waals surface area contributed by atoms with Gasteiger partial charge in [0.05, 0.1) is 31.6 Å². The molecule has 0 amide bonds. The van der Waals surface area contributed by atoms with Gasteiger partial charge in [-0.15, -0.1) is 0 Å². The molecule has 0 bridgehead atoms. The van der Waals surface area contributed by atoms with Crippen molar-refractivity contribution in [2.24, 2.45) is 0 Å². The van der Waals surface area contributed by atoms with E-state index in [1.165, 1.54) is 17.5 Å². The lowest BCUT2D eigenvalue weighted by atomic mass is 10.1. The Morgan fingerprint density at radius 1 is 0.971 bits per heavy atom. The Kier molecular flexibility index (Phi) is 10.2. The molecule has 0 spiro atoms. The molecule has 4 aromatic rings. The van der Waals surface area contributed by atoms with Gasteiger partial charge in [-0.05, 0) is 36.1 Å². The predicted octanol–water partition coefficient (Wildman–Crippen LogP) is 4.72. The number of nitrogen functional groups attached to an aromatic ring is 1. The summed E-state index contributed by atoms with van der Waals surface area (Å²) in [5.41, 5.74) is 10.1. The van der Waals surface area contributed by atoms with Crippen molar-refractivity contribution in [3.05, 3.63) is 95.9 Å². The summed E-state index contributed by atoms with van der Waals surface area (Å²) in [6.07, 6.45) is 3.54. The standard InChI is InChI=1S/C18H20N4O2.C8H10O.CHN/c19-18-16-8-7-15(22(16)21-12-20-18)17-9-6-14(24-17)11-23-10-13-4-2-1-3-5-13;1-9-7-8-5-3-2-4-6-8;1-2/h1-5,7-8,12,14,17H,6,9-11H2,(H2,19,20,21);2-6H,7H2,1H3;1H. The van der Waals surface area contributed by atoms with E-state index < -0.39 is 0 Å². The Labute approximate surface area is 205 Å². The van der Waals surface area contributed by atoms with Crippen LogP contribution in [0.2, 0.25) is 0 Å². The van der Waals surface area contributed by atoms with Gasteiger partial charge >= 0.3 is 0 Å². The smallest absolute Gasteiger partial charge is 0.151 e. The molecule has 8 heteroatoms. The van der Waals surface area contributed by atoms with Gasteiger partial charge in [-0.2, -0.15) is 5.10 Å². The zero-order valence-corrected chi connectivity index (χ0v) is 19.9. The normalized spacial score (nSPS) is 16.7. The van der Waals surface area contributed by atoms with E-state index in [4.69, 9.17) is 25.2 Å². The molecule has 2 N–H and O–H groups in total. The number of hydrogen-bond donors (Lipinski definition) is 1. The quantitative estimate of drug-likeness (QED) is 0.414. The minimum atomic E-state index is 0.0205. The third-order valence-electron chi connectivity index (χ3n) is 5.52. The van der Waals surface area contributed by atoms with Gasteiger partial charge in [0.25, 0.3) is 0 Å². The fraction of sp³-hybridized carbons (Fsp3) is 0.296. The van der Waals surface area contributed by atoms with Crippen molar-refractivity contribution in [2.75, 3.05) is 19.5 Å². The van der Waals surface area contributed by atoms with Crippen molar-refractivity contribution in [3.8, 4) is 6.57 Å². The molecular formula is C27H31N5O3. The van der Waals surface area contributed by atoms with E-state index in [1.54, 1.807) is 7.11 Å². The summed E-state index contributed by atoms with van der Waals surface area (Å²) >= 11 is 0. The number of rotatable bonds is 7. The van der Waals surface area contributed by atoms with Crippen LogP contribution in [0.15, 0.2) is 79.1 Å². The largest absolute Gasteiger partial charge is 0.382 e. The minimum absolute atomic E-state index is 0.0205. The maximum Gasteiger partial charge on any atom is 0.151 e. The Hall–Kier alpha value is -3.77. The maximum atomic E-state index is 6.50. The molecule has 1 aliphatic heterocycles. The average Bonchev–Trinajstić information content (AvgIpc) is 3.55. The minimum Gasteiger partial charge on any atom is -0.382 e. The third kappa shape index (κ3) is 7.36. The molecule has 35 heavy (non-hydrogen) atoms. The van der Waals surface area contributed by atoms with E-state index in [0.29, 0.717) is 25.6 Å². The van der Waals surface area contributed by atoms with E-state index in [-0.39, 0.29) is 12.2 Å². The number of ether oxygens (including phenoxy) is 3. The number of benzene rings is 2. The van der Waals surface area contributed by atoms with Crippen LogP contribution in [0.1, 0.15) is 35.8 Å². The molecule has 182 valence electrons. The molecule has 2 atom stereocenters. The average molecular weight is 474 g/mol. The Balaban J connectivity index is 0.000000262. The van der Waals surface area contributed by atoms with Gasteiger partial charge in [-0.1, -0.05) is 60.7 Å². The van der Waals surface area contributed by atoms with Gasteiger partial charge < -0.3 is 19.9 Å². The lowest BCUT2D eigenvalue weighted by Gasteiger charge is -2.14. The van der Waals surface area contributed by atoms with Crippen LogP contribution in [0.3, 0.4) is 0 Å². The molecule has 3 heterocycles. The molecule has 2 unspecified atom stereocenters. The van der Waals surface area contributed by atoms with Gasteiger partial charge in [0.1, 0.15) is 17.9 Å². The number of hydrogen-bond acceptors (Lipinski definition) is 7. The van der Waals surface area contributed by atoms with Crippen LogP contribution in [0.25, 0.3) is 5.52 Å². The van der Waals surface area contributed by atoms with Gasteiger partial charge in [0.2, 0.25) is 0 Å². The first-order chi connectivity index (χ1) is 17.2. The van der Waals surface area contributed by atoms with Crippen LogP contribution in [0.4, 0.5) is 5.82 Å². The van der Waals surface area contributed by atoms with Crippen molar-refractivity contribution in [3.63, 3.8) is 0 Å². The number of anilines is 1. The Bertz CT molecular complexity index is 1160. The van der Waals surface area contributed by atoms with E-state index in [9.17, 15) is 0 Å². The zero-order chi connectivity index (χ0) is 24.9. The van der Waals surface area contributed by atoms with Crippen LogP contribution in [-0.2, 0) is 27.4 Å². The number of nitrogens with two attached hydrogens (primary N) is 1. The third-order valence-corrected chi connectivity index (χ3v) is 5.52. The number of nitriles is 1. The molecule has 0 aliphatic carbocycles. The molecule has 2 aromatic heterocycles. The highest BCUT2D eigenvalue weighted by Crippen LogP contribution is 2.34. The molecule has 5 rings (SSSR count). The van der Waals surface area contributed by atoms with Crippen molar-refractivity contribution < 1.29 is 14.2 Å². The van der Waals surface area contributed by atoms with E-state index >= 15 is 0 Å². The predicted molar refractivity (Wildman–Crippen MR) is 134 cm³/mol. The highest BCUT2D eigenvalue weighted by molar-refractivity contribution is 5.65. The Morgan fingerprint density at radius 2 is 1.63 bits per heavy atom. The highest BCUT2D eigenvalue weighted by Gasteiger charge is 2.29.